The number of amides is 1. The number of carbonyl (C=O) groups is 1. The molecular formula is C20H20BrN5O. The van der Waals surface area contributed by atoms with Gasteiger partial charge in [-0.25, -0.2) is 9.97 Å². The summed E-state index contributed by atoms with van der Waals surface area (Å²) in [7, 11) is 0. The summed E-state index contributed by atoms with van der Waals surface area (Å²) in [6, 6.07) is 11.3. The lowest BCUT2D eigenvalue weighted by molar-refractivity contribution is -0.114. The van der Waals surface area contributed by atoms with Crippen molar-refractivity contribution in [3.63, 3.8) is 0 Å². The Morgan fingerprint density at radius 2 is 1.93 bits per heavy atom. The molecule has 0 unspecified atom stereocenters. The van der Waals surface area contributed by atoms with Crippen LogP contribution in [0.2, 0.25) is 0 Å². The lowest BCUT2D eigenvalue weighted by Gasteiger charge is -2.12. The number of aromatic nitrogens is 3. The average Bonchev–Trinajstić information content (AvgIpc) is 2.66. The summed E-state index contributed by atoms with van der Waals surface area (Å²) in [5.74, 6) is 1.02. The molecule has 0 spiro atoms. The van der Waals surface area contributed by atoms with Gasteiger partial charge in [0, 0.05) is 27.6 Å². The number of carbonyl (C=O) groups excluding carboxylic acids is 1. The van der Waals surface area contributed by atoms with Crippen LogP contribution < -0.4 is 10.6 Å². The van der Waals surface area contributed by atoms with E-state index < -0.39 is 0 Å². The van der Waals surface area contributed by atoms with Crippen molar-refractivity contribution in [1.82, 2.24) is 15.0 Å². The van der Waals surface area contributed by atoms with E-state index in [1.807, 2.05) is 57.2 Å². The average molecular weight is 426 g/mol. The third-order valence-corrected chi connectivity index (χ3v) is 5.03. The predicted molar refractivity (Wildman–Crippen MR) is 111 cm³/mol. The maximum atomic E-state index is 12.3. The van der Waals surface area contributed by atoms with Crippen molar-refractivity contribution in [2.45, 2.75) is 20.8 Å². The zero-order valence-electron chi connectivity index (χ0n) is 15.4. The van der Waals surface area contributed by atoms with Gasteiger partial charge in [-0.2, -0.15) is 0 Å². The normalized spacial score (nSPS) is 10.5. The number of benzene rings is 1. The highest BCUT2D eigenvalue weighted by atomic mass is 79.9. The summed E-state index contributed by atoms with van der Waals surface area (Å²) in [5, 5.41) is 5.99. The monoisotopic (exact) mass is 425 g/mol. The molecule has 138 valence electrons. The summed E-state index contributed by atoms with van der Waals surface area (Å²) in [4.78, 5) is 25.6. The molecular weight excluding hydrogens is 406 g/mol. The lowest BCUT2D eigenvalue weighted by Crippen LogP contribution is -2.23. The molecule has 0 fully saturated rings. The highest BCUT2D eigenvalue weighted by Gasteiger charge is 2.12. The molecule has 6 nitrogen and oxygen atoms in total. The van der Waals surface area contributed by atoms with E-state index in [2.05, 4.69) is 41.5 Å². The molecule has 7 heteroatoms. The Morgan fingerprint density at radius 1 is 1.11 bits per heavy atom. The van der Waals surface area contributed by atoms with E-state index in [9.17, 15) is 4.79 Å². The fourth-order valence-corrected chi connectivity index (χ4v) is 2.75. The van der Waals surface area contributed by atoms with Crippen LogP contribution in [0.4, 0.5) is 11.5 Å². The van der Waals surface area contributed by atoms with Crippen LogP contribution in [0, 0.1) is 20.8 Å². The van der Waals surface area contributed by atoms with Gasteiger partial charge in [0.1, 0.15) is 11.5 Å². The number of anilines is 2. The minimum Gasteiger partial charge on any atom is -0.361 e. The van der Waals surface area contributed by atoms with Crippen LogP contribution in [0.5, 0.6) is 0 Å². The highest BCUT2D eigenvalue weighted by molar-refractivity contribution is 9.10. The van der Waals surface area contributed by atoms with Crippen LogP contribution >= 0.6 is 15.9 Å². The van der Waals surface area contributed by atoms with Crippen LogP contribution in [-0.2, 0) is 4.79 Å². The molecule has 0 aliphatic carbocycles. The molecule has 2 aromatic heterocycles. The van der Waals surface area contributed by atoms with Crippen LogP contribution in [0.15, 0.2) is 47.1 Å². The fraction of sp³-hybridized carbons (Fsp3) is 0.200. The van der Waals surface area contributed by atoms with Gasteiger partial charge in [-0.05, 0) is 56.7 Å². The highest BCUT2D eigenvalue weighted by Crippen LogP contribution is 2.21. The van der Waals surface area contributed by atoms with Gasteiger partial charge in [0.15, 0.2) is 5.82 Å². The number of hydrogen-bond donors (Lipinski definition) is 2. The first-order chi connectivity index (χ1) is 12.9. The van der Waals surface area contributed by atoms with E-state index in [-0.39, 0.29) is 12.5 Å². The van der Waals surface area contributed by atoms with Crippen molar-refractivity contribution in [2.24, 2.45) is 0 Å². The number of nitrogens with one attached hydrogen (secondary N) is 2. The topological polar surface area (TPSA) is 79.8 Å². The van der Waals surface area contributed by atoms with Gasteiger partial charge >= 0.3 is 0 Å². The van der Waals surface area contributed by atoms with E-state index in [0.29, 0.717) is 17.3 Å². The number of aryl methyl sites for hydroxylation is 2. The van der Waals surface area contributed by atoms with E-state index >= 15 is 0 Å². The lowest BCUT2D eigenvalue weighted by atomic mass is 10.2. The van der Waals surface area contributed by atoms with E-state index in [0.717, 1.165) is 27.0 Å². The van der Waals surface area contributed by atoms with Gasteiger partial charge < -0.3 is 10.6 Å². The molecule has 2 N–H and O–H groups in total. The van der Waals surface area contributed by atoms with Crippen molar-refractivity contribution in [3.8, 4) is 11.5 Å². The smallest absolute Gasteiger partial charge is 0.243 e. The van der Waals surface area contributed by atoms with Crippen molar-refractivity contribution < 1.29 is 4.79 Å². The van der Waals surface area contributed by atoms with Gasteiger partial charge in [-0.15, -0.1) is 0 Å². The predicted octanol–water partition coefficient (Wildman–Crippen LogP) is 4.28. The molecule has 2 heterocycles. The summed E-state index contributed by atoms with van der Waals surface area (Å²) < 4.78 is 1.01. The SMILES string of the molecule is Cc1cc(NC(=O)CNc2nc(-c3ccccn3)nc(C)c2C)ccc1Br. The largest absolute Gasteiger partial charge is 0.361 e. The standard InChI is InChI=1S/C20H20BrN5O/c1-12-10-15(7-8-16(12)21)25-18(27)11-23-19-13(2)14(3)24-20(26-19)17-6-4-5-9-22-17/h4-10H,11H2,1-3H3,(H,25,27)(H,23,24,26). The molecule has 3 aromatic rings. The second kappa shape index (κ2) is 8.26. The number of nitrogens with zero attached hydrogens (tertiary/aromatic N) is 3. The van der Waals surface area contributed by atoms with Crippen LogP contribution in [0.25, 0.3) is 11.5 Å². The molecule has 27 heavy (non-hydrogen) atoms. The maximum absolute atomic E-state index is 12.3. The zero-order valence-corrected chi connectivity index (χ0v) is 17.0. The first-order valence-electron chi connectivity index (χ1n) is 8.50. The van der Waals surface area contributed by atoms with Crippen LogP contribution in [-0.4, -0.2) is 27.4 Å². The Morgan fingerprint density at radius 3 is 2.63 bits per heavy atom. The van der Waals surface area contributed by atoms with Gasteiger partial charge in [-0.1, -0.05) is 22.0 Å². The minimum atomic E-state index is -0.147. The minimum absolute atomic E-state index is 0.105. The summed E-state index contributed by atoms with van der Waals surface area (Å²) in [5.41, 5.74) is 4.26. The quantitative estimate of drug-likeness (QED) is 0.637. The number of rotatable bonds is 5. The van der Waals surface area contributed by atoms with Gasteiger partial charge in [0.2, 0.25) is 5.91 Å². The maximum Gasteiger partial charge on any atom is 0.243 e. The third-order valence-electron chi connectivity index (χ3n) is 4.14. The van der Waals surface area contributed by atoms with Crippen LogP contribution in [0.3, 0.4) is 0 Å². The Kier molecular flexibility index (Phi) is 5.81. The van der Waals surface area contributed by atoms with Crippen molar-refractivity contribution in [3.05, 3.63) is 63.9 Å². The first kappa shape index (κ1) is 19.0. The molecule has 1 aromatic carbocycles. The molecule has 0 aliphatic heterocycles. The first-order valence-corrected chi connectivity index (χ1v) is 9.30. The molecule has 3 rings (SSSR count). The third kappa shape index (κ3) is 4.68. The van der Waals surface area contributed by atoms with Crippen molar-refractivity contribution in [2.75, 3.05) is 17.2 Å². The van der Waals surface area contributed by atoms with Crippen molar-refractivity contribution >= 4 is 33.3 Å². The van der Waals surface area contributed by atoms with E-state index in [1.165, 1.54) is 0 Å². The van der Waals surface area contributed by atoms with Crippen LogP contribution in [0.1, 0.15) is 16.8 Å². The van der Waals surface area contributed by atoms with E-state index in [4.69, 9.17) is 0 Å². The molecule has 1 amide bonds. The second-order valence-electron chi connectivity index (χ2n) is 6.19. The van der Waals surface area contributed by atoms with Gasteiger partial charge in [-0.3, -0.25) is 9.78 Å². The molecule has 0 saturated heterocycles. The number of hydrogen-bond acceptors (Lipinski definition) is 5. The molecule has 0 radical (unpaired) electrons. The summed E-state index contributed by atoms with van der Waals surface area (Å²) >= 11 is 3.45. The molecule has 0 atom stereocenters. The van der Waals surface area contributed by atoms with Gasteiger partial charge in [0.25, 0.3) is 0 Å². The molecule has 0 bridgehead atoms. The Labute approximate surface area is 166 Å². The molecule has 0 saturated carbocycles. The Bertz CT molecular complexity index is 976. The second-order valence-corrected chi connectivity index (χ2v) is 7.04. The summed E-state index contributed by atoms with van der Waals surface area (Å²) in [6.07, 6.45) is 1.70. The number of halogens is 1. The van der Waals surface area contributed by atoms with Crippen molar-refractivity contribution in [1.29, 1.82) is 0 Å². The Hall–Kier alpha value is -2.80. The molecule has 0 aliphatic rings. The fourth-order valence-electron chi connectivity index (χ4n) is 2.50. The zero-order chi connectivity index (χ0) is 19.4. The Balaban J connectivity index is 1.72. The van der Waals surface area contributed by atoms with E-state index in [1.54, 1.807) is 6.20 Å². The van der Waals surface area contributed by atoms with Gasteiger partial charge in [0.05, 0.1) is 6.54 Å². The summed E-state index contributed by atoms with van der Waals surface area (Å²) in [6.45, 7) is 5.92. The number of pyridine rings is 1.